The van der Waals surface area contributed by atoms with Gasteiger partial charge in [0, 0.05) is 12.1 Å². The van der Waals surface area contributed by atoms with Crippen molar-refractivity contribution >= 4 is 11.9 Å². The SMILES string of the molecule is CCCCCCCCCOC(=O)C1CCCN1C(=O)c1ccc(C(F)(F)F)c(F)c1. The molecule has 0 saturated carbocycles. The van der Waals surface area contributed by atoms with Crippen LogP contribution in [-0.2, 0) is 15.7 Å². The number of carbonyl (C=O) groups is 2. The highest BCUT2D eigenvalue weighted by Gasteiger charge is 2.37. The third-order valence-electron chi connectivity index (χ3n) is 5.30. The van der Waals surface area contributed by atoms with Crippen LogP contribution < -0.4 is 0 Å². The summed E-state index contributed by atoms with van der Waals surface area (Å²) in [6.07, 6.45) is 3.76. The van der Waals surface area contributed by atoms with Crippen LogP contribution in [-0.4, -0.2) is 36.0 Å². The van der Waals surface area contributed by atoms with E-state index in [0.717, 1.165) is 31.7 Å². The van der Waals surface area contributed by atoms with E-state index in [9.17, 15) is 27.2 Å². The summed E-state index contributed by atoms with van der Waals surface area (Å²) in [4.78, 5) is 26.3. The summed E-state index contributed by atoms with van der Waals surface area (Å²) in [5.74, 6) is -2.69. The van der Waals surface area contributed by atoms with Crippen LogP contribution in [0.3, 0.4) is 0 Å². The molecule has 1 amide bonds. The quantitative estimate of drug-likeness (QED) is 0.270. The molecule has 1 aromatic rings. The molecule has 1 aromatic carbocycles. The molecule has 1 aliphatic heterocycles. The van der Waals surface area contributed by atoms with E-state index in [1.807, 2.05) is 0 Å². The van der Waals surface area contributed by atoms with Gasteiger partial charge in [-0.3, -0.25) is 4.79 Å². The van der Waals surface area contributed by atoms with Crippen molar-refractivity contribution in [1.82, 2.24) is 4.90 Å². The maximum absolute atomic E-state index is 13.8. The summed E-state index contributed by atoms with van der Waals surface area (Å²) in [6, 6.07) is 1.28. The average molecular weight is 431 g/mol. The van der Waals surface area contributed by atoms with Gasteiger partial charge in [0.05, 0.1) is 12.2 Å². The van der Waals surface area contributed by atoms with Crippen LogP contribution in [0.2, 0.25) is 0 Å². The molecule has 1 fully saturated rings. The number of rotatable bonds is 10. The Bertz CT molecular complexity index is 721. The second-order valence-corrected chi connectivity index (χ2v) is 7.64. The van der Waals surface area contributed by atoms with Crippen molar-refractivity contribution < 1.29 is 31.9 Å². The zero-order valence-electron chi connectivity index (χ0n) is 17.3. The van der Waals surface area contributed by atoms with E-state index in [1.54, 1.807) is 0 Å². The Kier molecular flexibility index (Phi) is 9.11. The van der Waals surface area contributed by atoms with Crippen LogP contribution in [0.1, 0.15) is 80.6 Å². The molecule has 1 saturated heterocycles. The summed E-state index contributed by atoms with van der Waals surface area (Å²) in [5.41, 5.74) is -1.64. The number of halogens is 4. The summed E-state index contributed by atoms with van der Waals surface area (Å²) >= 11 is 0. The largest absolute Gasteiger partial charge is 0.464 e. The Morgan fingerprint density at radius 2 is 1.77 bits per heavy atom. The predicted octanol–water partition coefficient (Wildman–Crippen LogP) is 5.74. The highest BCUT2D eigenvalue weighted by Crippen LogP contribution is 2.32. The molecule has 0 N–H and O–H groups in total. The minimum absolute atomic E-state index is 0.215. The van der Waals surface area contributed by atoms with Crippen LogP contribution in [0.5, 0.6) is 0 Å². The fourth-order valence-corrected chi connectivity index (χ4v) is 3.63. The molecule has 4 nitrogen and oxygen atoms in total. The number of nitrogens with zero attached hydrogens (tertiary/aromatic N) is 1. The van der Waals surface area contributed by atoms with Crippen LogP contribution >= 0.6 is 0 Å². The Morgan fingerprint density at radius 1 is 1.10 bits per heavy atom. The van der Waals surface area contributed by atoms with Gasteiger partial charge in [0.15, 0.2) is 0 Å². The molecule has 1 unspecified atom stereocenters. The molecule has 0 radical (unpaired) electrons. The molecule has 0 aliphatic carbocycles. The third-order valence-corrected chi connectivity index (χ3v) is 5.30. The van der Waals surface area contributed by atoms with E-state index in [2.05, 4.69) is 6.92 Å². The van der Waals surface area contributed by atoms with Gasteiger partial charge in [-0.2, -0.15) is 13.2 Å². The lowest BCUT2D eigenvalue weighted by molar-refractivity contribution is -0.148. The van der Waals surface area contributed by atoms with Crippen molar-refractivity contribution in [2.75, 3.05) is 13.2 Å². The standard InChI is InChI=1S/C22H29F4NO3/c1-2-3-4-5-6-7-8-14-30-21(29)19-10-9-13-27(19)20(28)16-11-12-17(18(23)15-16)22(24,25)26/h11-12,15,19H,2-10,13-14H2,1H3. The first kappa shape index (κ1) is 24.2. The summed E-state index contributed by atoms with van der Waals surface area (Å²) in [6.45, 7) is 2.71. The van der Waals surface area contributed by atoms with Gasteiger partial charge in [-0.05, 0) is 37.5 Å². The van der Waals surface area contributed by atoms with Gasteiger partial charge in [-0.25, -0.2) is 9.18 Å². The van der Waals surface area contributed by atoms with Crippen LogP contribution in [0.4, 0.5) is 17.6 Å². The third kappa shape index (κ3) is 6.71. The topological polar surface area (TPSA) is 46.6 Å². The summed E-state index contributed by atoms with van der Waals surface area (Å²) < 4.78 is 57.2. The number of alkyl halides is 3. The van der Waals surface area contributed by atoms with Crippen molar-refractivity contribution in [2.24, 2.45) is 0 Å². The van der Waals surface area contributed by atoms with Gasteiger partial charge in [-0.1, -0.05) is 45.4 Å². The van der Waals surface area contributed by atoms with Crippen LogP contribution in [0.15, 0.2) is 18.2 Å². The lowest BCUT2D eigenvalue weighted by atomic mass is 10.1. The minimum atomic E-state index is -4.83. The minimum Gasteiger partial charge on any atom is -0.464 e. The second-order valence-electron chi connectivity index (χ2n) is 7.64. The van der Waals surface area contributed by atoms with Crippen LogP contribution in [0.25, 0.3) is 0 Å². The molecular formula is C22H29F4NO3. The number of hydrogen-bond donors (Lipinski definition) is 0. The van der Waals surface area contributed by atoms with Gasteiger partial charge >= 0.3 is 12.1 Å². The lowest BCUT2D eigenvalue weighted by Crippen LogP contribution is -2.41. The average Bonchev–Trinajstić information content (AvgIpc) is 3.18. The number of carbonyl (C=O) groups excluding carboxylic acids is 2. The molecule has 1 heterocycles. The maximum atomic E-state index is 13.8. The Balaban J connectivity index is 1.86. The molecule has 0 aromatic heterocycles. The van der Waals surface area contributed by atoms with Gasteiger partial charge < -0.3 is 9.64 Å². The number of hydrogen-bond acceptors (Lipinski definition) is 3. The van der Waals surface area contributed by atoms with Crippen molar-refractivity contribution in [3.8, 4) is 0 Å². The molecule has 1 atom stereocenters. The van der Waals surface area contributed by atoms with E-state index >= 15 is 0 Å². The van der Waals surface area contributed by atoms with Crippen molar-refractivity contribution in [3.05, 3.63) is 35.1 Å². The van der Waals surface area contributed by atoms with Gasteiger partial charge in [0.1, 0.15) is 11.9 Å². The molecule has 0 spiro atoms. The molecule has 2 rings (SSSR count). The highest BCUT2D eigenvalue weighted by atomic mass is 19.4. The number of ether oxygens (including phenoxy) is 1. The lowest BCUT2D eigenvalue weighted by Gasteiger charge is -2.23. The number of unbranched alkanes of at least 4 members (excludes halogenated alkanes) is 6. The monoisotopic (exact) mass is 431 g/mol. The van der Waals surface area contributed by atoms with E-state index < -0.39 is 35.5 Å². The smallest absolute Gasteiger partial charge is 0.419 e. The zero-order valence-corrected chi connectivity index (χ0v) is 17.3. The molecule has 1 aliphatic rings. The number of likely N-dealkylation sites (tertiary alicyclic amines) is 1. The van der Waals surface area contributed by atoms with Gasteiger partial charge in [0.25, 0.3) is 5.91 Å². The molecular weight excluding hydrogens is 402 g/mol. The Labute approximate surface area is 174 Å². The molecule has 0 bridgehead atoms. The Morgan fingerprint density at radius 3 is 2.40 bits per heavy atom. The number of benzene rings is 1. The summed E-state index contributed by atoms with van der Waals surface area (Å²) in [7, 11) is 0. The fraction of sp³-hybridized carbons (Fsp3) is 0.636. The Hall–Kier alpha value is -2.12. The van der Waals surface area contributed by atoms with E-state index in [4.69, 9.17) is 4.74 Å². The first-order chi connectivity index (χ1) is 14.3. The fourth-order valence-electron chi connectivity index (χ4n) is 3.63. The van der Waals surface area contributed by atoms with Crippen LogP contribution in [0, 0.1) is 5.82 Å². The first-order valence-electron chi connectivity index (χ1n) is 10.6. The zero-order chi connectivity index (χ0) is 22.1. The second kappa shape index (κ2) is 11.3. The van der Waals surface area contributed by atoms with Crippen molar-refractivity contribution in [1.29, 1.82) is 0 Å². The highest BCUT2D eigenvalue weighted by molar-refractivity contribution is 5.97. The molecule has 8 heteroatoms. The normalized spacial score (nSPS) is 16.7. The van der Waals surface area contributed by atoms with Gasteiger partial charge in [0.2, 0.25) is 0 Å². The van der Waals surface area contributed by atoms with Crippen molar-refractivity contribution in [3.63, 3.8) is 0 Å². The summed E-state index contributed by atoms with van der Waals surface area (Å²) in [5, 5.41) is 0. The van der Waals surface area contributed by atoms with E-state index in [-0.39, 0.29) is 18.7 Å². The molecule has 30 heavy (non-hydrogen) atoms. The van der Waals surface area contributed by atoms with E-state index in [1.165, 1.54) is 24.2 Å². The predicted molar refractivity (Wildman–Crippen MR) is 104 cm³/mol. The maximum Gasteiger partial charge on any atom is 0.419 e. The number of esters is 1. The number of amides is 1. The molecule has 168 valence electrons. The first-order valence-corrected chi connectivity index (χ1v) is 10.6. The van der Waals surface area contributed by atoms with E-state index in [0.29, 0.717) is 25.0 Å². The van der Waals surface area contributed by atoms with Crippen molar-refractivity contribution in [2.45, 2.75) is 76.9 Å². The van der Waals surface area contributed by atoms with Gasteiger partial charge in [-0.15, -0.1) is 0 Å².